The molecule has 23 heavy (non-hydrogen) atoms. The summed E-state index contributed by atoms with van der Waals surface area (Å²) in [7, 11) is 4.86. The number of rotatable bonds is 8. The van der Waals surface area contributed by atoms with Crippen LogP contribution < -0.4 is 19.5 Å². The fourth-order valence-electron chi connectivity index (χ4n) is 2.33. The quantitative estimate of drug-likeness (QED) is 0.747. The molecular weight excluding hydrogens is 314 g/mol. The van der Waals surface area contributed by atoms with E-state index >= 15 is 0 Å². The highest BCUT2D eigenvalue weighted by Crippen LogP contribution is 2.35. The van der Waals surface area contributed by atoms with Crippen LogP contribution in [0.2, 0.25) is 5.02 Å². The SMILES string of the molecule is COc1ccc(CCNCc2cc(Cl)c(OC)c(OC)c2)cc1. The molecule has 0 amide bonds. The molecular formula is C18H22ClNO3. The highest BCUT2D eigenvalue weighted by molar-refractivity contribution is 6.32. The molecule has 124 valence electrons. The number of nitrogens with one attached hydrogen (secondary N) is 1. The Morgan fingerprint density at radius 2 is 1.65 bits per heavy atom. The van der Waals surface area contributed by atoms with Crippen LogP contribution in [0, 0.1) is 0 Å². The number of hydrogen-bond donors (Lipinski definition) is 1. The molecule has 0 aliphatic carbocycles. The fraction of sp³-hybridized carbons (Fsp3) is 0.333. The van der Waals surface area contributed by atoms with Crippen molar-refractivity contribution in [2.45, 2.75) is 13.0 Å². The molecule has 0 atom stereocenters. The van der Waals surface area contributed by atoms with Crippen LogP contribution in [0.25, 0.3) is 0 Å². The van der Waals surface area contributed by atoms with Gasteiger partial charge in [-0.3, -0.25) is 0 Å². The van der Waals surface area contributed by atoms with Crippen LogP contribution in [0.15, 0.2) is 36.4 Å². The normalized spacial score (nSPS) is 10.4. The molecule has 2 aromatic rings. The molecule has 2 rings (SSSR count). The minimum atomic E-state index is 0.554. The van der Waals surface area contributed by atoms with E-state index < -0.39 is 0 Å². The Morgan fingerprint density at radius 1 is 0.913 bits per heavy atom. The lowest BCUT2D eigenvalue weighted by Crippen LogP contribution is -2.16. The second-order valence-corrected chi connectivity index (χ2v) is 5.50. The molecule has 0 unspecified atom stereocenters. The van der Waals surface area contributed by atoms with Gasteiger partial charge in [0.2, 0.25) is 0 Å². The summed E-state index contributed by atoms with van der Waals surface area (Å²) in [4.78, 5) is 0. The second kappa shape index (κ2) is 8.65. The topological polar surface area (TPSA) is 39.7 Å². The van der Waals surface area contributed by atoms with Gasteiger partial charge in [-0.25, -0.2) is 0 Å². The van der Waals surface area contributed by atoms with Gasteiger partial charge in [-0.2, -0.15) is 0 Å². The molecule has 5 heteroatoms. The molecule has 0 aliphatic rings. The molecule has 0 saturated carbocycles. The van der Waals surface area contributed by atoms with Crippen molar-refractivity contribution in [2.24, 2.45) is 0 Å². The van der Waals surface area contributed by atoms with Crippen molar-refractivity contribution < 1.29 is 14.2 Å². The number of hydrogen-bond acceptors (Lipinski definition) is 4. The highest BCUT2D eigenvalue weighted by Gasteiger charge is 2.10. The third-order valence-electron chi connectivity index (χ3n) is 3.57. The third-order valence-corrected chi connectivity index (χ3v) is 3.85. The average Bonchev–Trinajstić information content (AvgIpc) is 2.58. The highest BCUT2D eigenvalue weighted by atomic mass is 35.5. The predicted octanol–water partition coefficient (Wildman–Crippen LogP) is 3.70. The molecule has 0 radical (unpaired) electrons. The Hall–Kier alpha value is -1.91. The smallest absolute Gasteiger partial charge is 0.179 e. The average molecular weight is 336 g/mol. The Labute approximate surface area is 142 Å². The summed E-state index contributed by atoms with van der Waals surface area (Å²) in [6.45, 7) is 1.59. The van der Waals surface area contributed by atoms with E-state index in [1.54, 1.807) is 21.3 Å². The Bertz CT molecular complexity index is 629. The van der Waals surface area contributed by atoms with Gasteiger partial charge in [-0.05, 0) is 48.4 Å². The number of benzene rings is 2. The van der Waals surface area contributed by atoms with E-state index in [9.17, 15) is 0 Å². The van der Waals surface area contributed by atoms with E-state index in [-0.39, 0.29) is 0 Å². The molecule has 0 fully saturated rings. The molecule has 0 aliphatic heterocycles. The summed E-state index contributed by atoms with van der Waals surface area (Å²) >= 11 is 6.21. The van der Waals surface area contributed by atoms with Gasteiger partial charge in [-0.1, -0.05) is 23.7 Å². The third kappa shape index (κ3) is 4.78. The second-order valence-electron chi connectivity index (χ2n) is 5.09. The lowest BCUT2D eigenvalue weighted by atomic mass is 10.1. The maximum absolute atomic E-state index is 6.21. The van der Waals surface area contributed by atoms with E-state index in [0.717, 1.165) is 30.8 Å². The van der Waals surface area contributed by atoms with Crippen molar-refractivity contribution in [1.82, 2.24) is 5.32 Å². The van der Waals surface area contributed by atoms with E-state index in [1.165, 1.54) is 5.56 Å². The van der Waals surface area contributed by atoms with E-state index in [1.807, 2.05) is 24.3 Å². The maximum atomic E-state index is 6.21. The molecule has 0 bridgehead atoms. The van der Waals surface area contributed by atoms with Crippen molar-refractivity contribution >= 4 is 11.6 Å². The monoisotopic (exact) mass is 335 g/mol. The minimum absolute atomic E-state index is 0.554. The zero-order chi connectivity index (χ0) is 16.7. The summed E-state index contributed by atoms with van der Waals surface area (Å²) in [5, 5.41) is 3.96. The van der Waals surface area contributed by atoms with Gasteiger partial charge < -0.3 is 19.5 Å². The zero-order valence-electron chi connectivity index (χ0n) is 13.7. The lowest BCUT2D eigenvalue weighted by molar-refractivity contribution is 0.354. The number of methoxy groups -OCH3 is 3. The van der Waals surface area contributed by atoms with E-state index in [2.05, 4.69) is 17.4 Å². The van der Waals surface area contributed by atoms with Gasteiger partial charge in [0.1, 0.15) is 5.75 Å². The van der Waals surface area contributed by atoms with Gasteiger partial charge in [0.05, 0.1) is 26.4 Å². The first-order valence-corrected chi connectivity index (χ1v) is 7.79. The molecule has 2 aromatic carbocycles. The van der Waals surface area contributed by atoms with Gasteiger partial charge in [0, 0.05) is 6.54 Å². The van der Waals surface area contributed by atoms with Crippen molar-refractivity contribution in [1.29, 1.82) is 0 Å². The summed E-state index contributed by atoms with van der Waals surface area (Å²) in [5.41, 5.74) is 2.33. The minimum Gasteiger partial charge on any atom is -0.497 e. The van der Waals surface area contributed by atoms with Gasteiger partial charge in [0.25, 0.3) is 0 Å². The molecule has 0 heterocycles. The maximum Gasteiger partial charge on any atom is 0.179 e. The van der Waals surface area contributed by atoms with Crippen molar-refractivity contribution in [3.63, 3.8) is 0 Å². The van der Waals surface area contributed by atoms with Crippen LogP contribution in [0.1, 0.15) is 11.1 Å². The molecule has 0 saturated heterocycles. The first-order valence-electron chi connectivity index (χ1n) is 7.42. The molecule has 4 nitrogen and oxygen atoms in total. The van der Waals surface area contributed by atoms with Crippen LogP contribution >= 0.6 is 11.6 Å². The summed E-state index contributed by atoms with van der Waals surface area (Å²) in [6.07, 6.45) is 0.949. The largest absolute Gasteiger partial charge is 0.497 e. The molecule has 0 aromatic heterocycles. The Kier molecular flexibility index (Phi) is 6.56. The zero-order valence-corrected chi connectivity index (χ0v) is 14.4. The first-order chi connectivity index (χ1) is 11.2. The van der Waals surface area contributed by atoms with Crippen LogP contribution in [0.3, 0.4) is 0 Å². The first kappa shape index (κ1) is 17.4. The summed E-state index contributed by atoms with van der Waals surface area (Å²) < 4.78 is 15.7. The van der Waals surface area contributed by atoms with Crippen molar-refractivity contribution in [3.8, 4) is 17.2 Å². The standard InChI is InChI=1S/C18H22ClNO3/c1-21-15-6-4-13(5-7-15)8-9-20-12-14-10-16(19)18(23-3)17(11-14)22-2/h4-7,10-11,20H,8-9,12H2,1-3H3. The summed E-state index contributed by atoms with van der Waals surface area (Å²) in [6, 6.07) is 11.9. The van der Waals surface area contributed by atoms with Gasteiger partial charge in [0.15, 0.2) is 11.5 Å². The van der Waals surface area contributed by atoms with Crippen molar-refractivity contribution in [3.05, 3.63) is 52.5 Å². The van der Waals surface area contributed by atoms with Gasteiger partial charge in [-0.15, -0.1) is 0 Å². The van der Waals surface area contributed by atoms with Crippen molar-refractivity contribution in [2.75, 3.05) is 27.9 Å². The van der Waals surface area contributed by atoms with Gasteiger partial charge >= 0.3 is 0 Å². The number of halogens is 1. The van der Waals surface area contributed by atoms with Crippen LogP contribution in [0.5, 0.6) is 17.2 Å². The Morgan fingerprint density at radius 3 is 2.26 bits per heavy atom. The van der Waals surface area contributed by atoms with Crippen LogP contribution in [-0.2, 0) is 13.0 Å². The fourth-order valence-corrected chi connectivity index (χ4v) is 2.64. The molecule has 1 N–H and O–H groups in total. The summed E-state index contributed by atoms with van der Waals surface area (Å²) in [5.74, 6) is 2.09. The molecule has 0 spiro atoms. The lowest BCUT2D eigenvalue weighted by Gasteiger charge is -2.12. The Balaban J connectivity index is 1.87. The predicted molar refractivity (Wildman–Crippen MR) is 93.0 cm³/mol. The van der Waals surface area contributed by atoms with E-state index in [4.69, 9.17) is 25.8 Å². The van der Waals surface area contributed by atoms with Crippen LogP contribution in [-0.4, -0.2) is 27.9 Å². The van der Waals surface area contributed by atoms with E-state index in [0.29, 0.717) is 16.5 Å². The number of ether oxygens (including phenoxy) is 3. The van der Waals surface area contributed by atoms with Crippen LogP contribution in [0.4, 0.5) is 0 Å².